The lowest BCUT2D eigenvalue weighted by molar-refractivity contribution is -0.161. The summed E-state index contributed by atoms with van der Waals surface area (Å²) in [6.07, 6.45) is -1.79. The highest BCUT2D eigenvalue weighted by atomic mass is 19.4. The summed E-state index contributed by atoms with van der Waals surface area (Å²) in [5.74, 6) is 0.131. The third kappa shape index (κ3) is 1.21. The van der Waals surface area contributed by atoms with Crippen molar-refractivity contribution in [3.8, 4) is 0 Å². The molecule has 3 nitrogen and oxygen atoms in total. The molecule has 76 valence electrons. The van der Waals surface area contributed by atoms with Crippen molar-refractivity contribution in [2.45, 2.75) is 24.4 Å². The number of hydrogen-bond donors (Lipinski definition) is 1. The van der Waals surface area contributed by atoms with Crippen LogP contribution in [0.2, 0.25) is 0 Å². The molecule has 14 heavy (non-hydrogen) atoms. The Hall–Kier alpha value is -1.33. The van der Waals surface area contributed by atoms with E-state index in [2.05, 4.69) is 9.97 Å². The van der Waals surface area contributed by atoms with Crippen molar-refractivity contribution in [1.29, 1.82) is 0 Å². The summed E-state index contributed by atoms with van der Waals surface area (Å²) in [7, 11) is 0. The van der Waals surface area contributed by atoms with Crippen LogP contribution in [-0.2, 0) is 5.41 Å². The fourth-order valence-electron chi connectivity index (χ4n) is 1.39. The Morgan fingerprint density at radius 3 is 2.21 bits per heavy atom. The van der Waals surface area contributed by atoms with E-state index in [0.717, 1.165) is 12.4 Å². The minimum atomic E-state index is -4.24. The van der Waals surface area contributed by atoms with Crippen LogP contribution in [0.15, 0.2) is 12.4 Å². The summed E-state index contributed by atoms with van der Waals surface area (Å²) in [5.41, 5.74) is 3.46. The SMILES string of the molecule is Nc1cnc(C2(C(F)(F)F)CC2)cn1. The maximum absolute atomic E-state index is 12.6. The minimum absolute atomic E-state index is 0.0285. The molecule has 0 atom stereocenters. The van der Waals surface area contributed by atoms with Crippen molar-refractivity contribution in [2.75, 3.05) is 5.73 Å². The van der Waals surface area contributed by atoms with Gasteiger partial charge in [-0.2, -0.15) is 13.2 Å². The molecule has 0 amide bonds. The quantitative estimate of drug-likeness (QED) is 0.755. The molecule has 1 aromatic heterocycles. The number of rotatable bonds is 1. The van der Waals surface area contributed by atoms with Crippen LogP contribution in [-0.4, -0.2) is 16.1 Å². The predicted octanol–water partition coefficient (Wildman–Crippen LogP) is 1.65. The number of anilines is 1. The molecular weight excluding hydrogens is 195 g/mol. The van der Waals surface area contributed by atoms with Crippen molar-refractivity contribution < 1.29 is 13.2 Å². The van der Waals surface area contributed by atoms with Crippen LogP contribution in [0.5, 0.6) is 0 Å². The van der Waals surface area contributed by atoms with Crippen LogP contribution < -0.4 is 5.73 Å². The number of hydrogen-bond acceptors (Lipinski definition) is 3. The maximum atomic E-state index is 12.6. The van der Waals surface area contributed by atoms with Crippen molar-refractivity contribution >= 4 is 5.82 Å². The number of alkyl halides is 3. The molecular formula is C8H8F3N3. The van der Waals surface area contributed by atoms with E-state index in [-0.39, 0.29) is 24.4 Å². The molecule has 0 aromatic carbocycles. The molecule has 0 bridgehead atoms. The smallest absolute Gasteiger partial charge is 0.382 e. The van der Waals surface area contributed by atoms with Gasteiger partial charge in [-0.3, -0.25) is 4.98 Å². The lowest BCUT2D eigenvalue weighted by atomic mass is 10.0. The van der Waals surface area contributed by atoms with Crippen LogP contribution in [0.4, 0.5) is 19.0 Å². The van der Waals surface area contributed by atoms with Gasteiger partial charge in [0.1, 0.15) is 11.2 Å². The third-order valence-corrected chi connectivity index (χ3v) is 2.45. The highest BCUT2D eigenvalue weighted by molar-refractivity contribution is 5.30. The van der Waals surface area contributed by atoms with Gasteiger partial charge in [-0.1, -0.05) is 0 Å². The summed E-state index contributed by atoms with van der Waals surface area (Å²) in [6, 6.07) is 0. The van der Waals surface area contributed by atoms with Crippen LogP contribution in [0.1, 0.15) is 18.5 Å². The van der Waals surface area contributed by atoms with Gasteiger partial charge in [-0.05, 0) is 12.8 Å². The predicted molar refractivity (Wildman–Crippen MR) is 43.4 cm³/mol. The zero-order chi connectivity index (χ0) is 10.4. The topological polar surface area (TPSA) is 51.8 Å². The van der Waals surface area contributed by atoms with Gasteiger partial charge < -0.3 is 5.73 Å². The summed E-state index contributed by atoms with van der Waals surface area (Å²) in [6.45, 7) is 0. The van der Waals surface area contributed by atoms with E-state index >= 15 is 0 Å². The zero-order valence-electron chi connectivity index (χ0n) is 7.17. The van der Waals surface area contributed by atoms with E-state index in [4.69, 9.17) is 5.73 Å². The number of halogens is 3. The second-order valence-corrected chi connectivity index (χ2v) is 3.41. The number of nitrogens with two attached hydrogens (primary N) is 1. The Kier molecular flexibility index (Phi) is 1.71. The van der Waals surface area contributed by atoms with Crippen molar-refractivity contribution in [2.24, 2.45) is 0 Å². The molecule has 1 aliphatic carbocycles. The van der Waals surface area contributed by atoms with Crippen LogP contribution in [0.3, 0.4) is 0 Å². The van der Waals surface area contributed by atoms with Crippen LogP contribution in [0, 0.1) is 0 Å². The molecule has 0 radical (unpaired) electrons. The third-order valence-electron chi connectivity index (χ3n) is 2.45. The summed E-state index contributed by atoms with van der Waals surface area (Å²) in [4.78, 5) is 7.29. The molecule has 1 fully saturated rings. The molecule has 6 heteroatoms. The van der Waals surface area contributed by atoms with E-state index in [1.54, 1.807) is 0 Å². The van der Waals surface area contributed by atoms with Crippen LogP contribution in [0.25, 0.3) is 0 Å². The second kappa shape index (κ2) is 2.59. The van der Waals surface area contributed by atoms with E-state index in [1.165, 1.54) is 0 Å². The summed E-state index contributed by atoms with van der Waals surface area (Å²) < 4.78 is 37.7. The standard InChI is InChI=1S/C8H8F3N3/c9-8(10,11)7(1-2-7)5-3-14-6(12)4-13-5/h3-4H,1-2H2,(H2,12,14). The summed E-state index contributed by atoms with van der Waals surface area (Å²) >= 11 is 0. The van der Waals surface area contributed by atoms with E-state index in [0.29, 0.717) is 0 Å². The highest BCUT2D eigenvalue weighted by Gasteiger charge is 2.65. The zero-order valence-corrected chi connectivity index (χ0v) is 7.17. The first-order chi connectivity index (χ1) is 6.46. The first-order valence-corrected chi connectivity index (χ1v) is 4.10. The molecule has 0 spiro atoms. The Morgan fingerprint density at radius 1 is 1.21 bits per heavy atom. The van der Waals surface area contributed by atoms with Crippen molar-refractivity contribution in [1.82, 2.24) is 9.97 Å². The second-order valence-electron chi connectivity index (χ2n) is 3.41. The maximum Gasteiger partial charge on any atom is 0.400 e. The fraction of sp³-hybridized carbons (Fsp3) is 0.500. The average Bonchev–Trinajstić information content (AvgIpc) is 2.84. The Balaban J connectivity index is 2.36. The average molecular weight is 203 g/mol. The lowest BCUT2D eigenvalue weighted by Gasteiger charge is -2.17. The Morgan fingerprint density at radius 2 is 1.86 bits per heavy atom. The molecule has 0 unspecified atom stereocenters. The number of nitrogen functional groups attached to an aromatic ring is 1. The summed E-state index contributed by atoms with van der Waals surface area (Å²) in [5, 5.41) is 0. The van der Waals surface area contributed by atoms with Gasteiger partial charge in [0.05, 0.1) is 18.1 Å². The Bertz CT molecular complexity index is 340. The van der Waals surface area contributed by atoms with Crippen molar-refractivity contribution in [3.05, 3.63) is 18.1 Å². The van der Waals surface area contributed by atoms with Gasteiger partial charge in [0.25, 0.3) is 0 Å². The van der Waals surface area contributed by atoms with Crippen LogP contribution >= 0.6 is 0 Å². The van der Waals surface area contributed by atoms with E-state index < -0.39 is 11.6 Å². The molecule has 1 heterocycles. The van der Waals surface area contributed by atoms with E-state index in [9.17, 15) is 13.2 Å². The first kappa shape index (κ1) is 9.23. The largest absolute Gasteiger partial charge is 0.400 e. The molecule has 0 saturated heterocycles. The van der Waals surface area contributed by atoms with Gasteiger partial charge in [-0.15, -0.1) is 0 Å². The van der Waals surface area contributed by atoms with E-state index in [1.807, 2.05) is 0 Å². The van der Waals surface area contributed by atoms with Gasteiger partial charge >= 0.3 is 6.18 Å². The molecule has 0 aliphatic heterocycles. The molecule has 2 N–H and O–H groups in total. The lowest BCUT2D eigenvalue weighted by Crippen LogP contribution is -2.29. The van der Waals surface area contributed by atoms with Crippen molar-refractivity contribution in [3.63, 3.8) is 0 Å². The number of aromatic nitrogens is 2. The fourth-order valence-corrected chi connectivity index (χ4v) is 1.39. The minimum Gasteiger partial charge on any atom is -0.382 e. The first-order valence-electron chi connectivity index (χ1n) is 4.10. The normalized spacial score (nSPS) is 19.4. The van der Waals surface area contributed by atoms with Gasteiger partial charge in [0, 0.05) is 0 Å². The van der Waals surface area contributed by atoms with Gasteiger partial charge in [0.2, 0.25) is 0 Å². The van der Waals surface area contributed by atoms with Gasteiger partial charge in [0.15, 0.2) is 0 Å². The Labute approximate surface area is 78.2 Å². The molecule has 2 rings (SSSR count). The highest BCUT2D eigenvalue weighted by Crippen LogP contribution is 2.58. The number of nitrogens with zero attached hydrogens (tertiary/aromatic N) is 2. The molecule has 1 aliphatic rings. The molecule has 1 aromatic rings. The molecule has 1 saturated carbocycles. The van der Waals surface area contributed by atoms with Gasteiger partial charge in [-0.25, -0.2) is 4.98 Å². The monoisotopic (exact) mass is 203 g/mol.